The van der Waals surface area contributed by atoms with E-state index in [1.165, 1.54) is 18.4 Å². The molecule has 26 heavy (non-hydrogen) atoms. The molecule has 0 N–H and O–H groups in total. The van der Waals surface area contributed by atoms with Gasteiger partial charge in [0.05, 0.1) is 13.3 Å². The molecular formula is C20H26N4O2. The number of aryl methyl sites for hydroxylation is 1. The second kappa shape index (κ2) is 7.11. The minimum absolute atomic E-state index is 0.128. The first-order valence-electron chi connectivity index (χ1n) is 9.29. The van der Waals surface area contributed by atoms with Crippen LogP contribution in [-0.2, 0) is 13.6 Å². The Bertz CT molecular complexity index is 770. The minimum Gasteiger partial charge on any atom is -0.497 e. The highest BCUT2D eigenvalue weighted by atomic mass is 16.5. The molecule has 3 heterocycles. The van der Waals surface area contributed by atoms with E-state index in [0.717, 1.165) is 37.5 Å². The van der Waals surface area contributed by atoms with Crippen LogP contribution in [0.5, 0.6) is 5.75 Å². The summed E-state index contributed by atoms with van der Waals surface area (Å²) in [4.78, 5) is 17.5. The van der Waals surface area contributed by atoms with Crippen LogP contribution in [0.2, 0.25) is 0 Å². The van der Waals surface area contributed by atoms with Gasteiger partial charge >= 0.3 is 0 Å². The molecular weight excluding hydrogens is 328 g/mol. The molecule has 1 aromatic heterocycles. The van der Waals surface area contributed by atoms with Gasteiger partial charge in [0.1, 0.15) is 5.75 Å². The van der Waals surface area contributed by atoms with Crippen molar-refractivity contribution in [1.82, 2.24) is 19.6 Å². The van der Waals surface area contributed by atoms with Crippen molar-refractivity contribution in [3.05, 3.63) is 47.8 Å². The van der Waals surface area contributed by atoms with Gasteiger partial charge in [-0.05, 0) is 49.6 Å². The van der Waals surface area contributed by atoms with Gasteiger partial charge in [-0.25, -0.2) is 0 Å². The van der Waals surface area contributed by atoms with Gasteiger partial charge in [-0.3, -0.25) is 14.4 Å². The van der Waals surface area contributed by atoms with Crippen molar-refractivity contribution in [3.63, 3.8) is 0 Å². The molecule has 2 aliphatic heterocycles. The van der Waals surface area contributed by atoms with Crippen LogP contribution in [0.4, 0.5) is 0 Å². The van der Waals surface area contributed by atoms with Gasteiger partial charge in [0, 0.05) is 50.0 Å². The number of carbonyl (C=O) groups excluding carboxylic acids is 1. The van der Waals surface area contributed by atoms with Crippen molar-refractivity contribution in [1.29, 1.82) is 0 Å². The van der Waals surface area contributed by atoms with Gasteiger partial charge < -0.3 is 9.64 Å². The highest BCUT2D eigenvalue weighted by Crippen LogP contribution is 2.32. The summed E-state index contributed by atoms with van der Waals surface area (Å²) in [6.07, 6.45) is 6.43. The summed E-state index contributed by atoms with van der Waals surface area (Å²) < 4.78 is 7.04. The number of aromatic nitrogens is 2. The van der Waals surface area contributed by atoms with Gasteiger partial charge in [0.25, 0.3) is 5.91 Å². The van der Waals surface area contributed by atoms with Crippen LogP contribution in [0.25, 0.3) is 0 Å². The highest BCUT2D eigenvalue weighted by Gasteiger charge is 2.40. The molecule has 0 spiro atoms. The fourth-order valence-electron chi connectivity index (χ4n) is 4.34. The third-order valence-corrected chi connectivity index (χ3v) is 5.66. The van der Waals surface area contributed by atoms with E-state index < -0.39 is 0 Å². The zero-order valence-electron chi connectivity index (χ0n) is 15.5. The summed E-state index contributed by atoms with van der Waals surface area (Å²) in [5.41, 5.74) is 1.98. The van der Waals surface area contributed by atoms with Crippen LogP contribution < -0.4 is 4.74 Å². The number of fused-ring (bicyclic) bond motifs is 1. The number of rotatable bonds is 4. The fourth-order valence-corrected chi connectivity index (χ4v) is 4.34. The molecule has 0 radical (unpaired) electrons. The molecule has 1 amide bonds. The van der Waals surface area contributed by atoms with E-state index in [9.17, 15) is 4.79 Å². The molecule has 0 aliphatic carbocycles. The molecule has 2 aromatic rings. The lowest BCUT2D eigenvalue weighted by molar-refractivity contribution is 0.0774. The topological polar surface area (TPSA) is 50.6 Å². The summed E-state index contributed by atoms with van der Waals surface area (Å²) in [6.45, 7) is 3.69. The molecule has 2 atom stereocenters. The number of likely N-dealkylation sites (tertiary alicyclic amines) is 2. The maximum absolute atomic E-state index is 12.9. The molecule has 0 saturated carbocycles. The van der Waals surface area contributed by atoms with E-state index in [1.54, 1.807) is 7.11 Å². The van der Waals surface area contributed by atoms with E-state index in [2.05, 4.69) is 16.2 Å². The summed E-state index contributed by atoms with van der Waals surface area (Å²) in [7, 11) is 3.59. The standard InChI is InChI=1S/C20H26N4O2/c1-22-11-15(10-21-22)12-23-9-3-4-17-13-24(14-19(17)23)20(25)16-5-7-18(26-2)8-6-16/h5-8,10-11,17,19H,3-4,9,12-14H2,1-2H3/t17-,19+/m1/s1. The Balaban J connectivity index is 1.45. The molecule has 2 fully saturated rings. The molecule has 2 aliphatic rings. The normalized spacial score (nSPS) is 23.1. The maximum Gasteiger partial charge on any atom is 0.253 e. The van der Waals surface area contributed by atoms with Gasteiger partial charge in [-0.2, -0.15) is 5.10 Å². The lowest BCUT2D eigenvalue weighted by Gasteiger charge is -2.36. The minimum atomic E-state index is 0.128. The Hall–Kier alpha value is -2.34. The third-order valence-electron chi connectivity index (χ3n) is 5.66. The molecule has 0 unspecified atom stereocenters. The number of ether oxygens (including phenoxy) is 1. The van der Waals surface area contributed by atoms with Crippen molar-refractivity contribution in [2.24, 2.45) is 13.0 Å². The third kappa shape index (κ3) is 3.33. The van der Waals surface area contributed by atoms with Crippen molar-refractivity contribution in [2.45, 2.75) is 25.4 Å². The monoisotopic (exact) mass is 354 g/mol. The molecule has 1 aromatic carbocycles. The van der Waals surface area contributed by atoms with E-state index in [-0.39, 0.29) is 5.91 Å². The molecule has 6 nitrogen and oxygen atoms in total. The Kier molecular flexibility index (Phi) is 4.68. The van der Waals surface area contributed by atoms with Crippen LogP contribution in [0.3, 0.4) is 0 Å². The summed E-state index contributed by atoms with van der Waals surface area (Å²) in [6, 6.07) is 7.87. The van der Waals surface area contributed by atoms with Crippen LogP contribution in [-0.4, -0.2) is 58.3 Å². The van der Waals surface area contributed by atoms with E-state index >= 15 is 0 Å². The van der Waals surface area contributed by atoms with Gasteiger partial charge in [-0.1, -0.05) is 0 Å². The summed E-state index contributed by atoms with van der Waals surface area (Å²) >= 11 is 0. The first-order chi connectivity index (χ1) is 12.6. The number of nitrogens with zero attached hydrogens (tertiary/aromatic N) is 4. The zero-order valence-corrected chi connectivity index (χ0v) is 15.5. The first-order valence-corrected chi connectivity index (χ1v) is 9.29. The predicted molar refractivity (Wildman–Crippen MR) is 99.0 cm³/mol. The van der Waals surface area contributed by atoms with Crippen molar-refractivity contribution < 1.29 is 9.53 Å². The quantitative estimate of drug-likeness (QED) is 0.844. The molecule has 138 valence electrons. The van der Waals surface area contributed by atoms with Gasteiger partial charge in [-0.15, -0.1) is 0 Å². The van der Waals surface area contributed by atoms with Crippen LogP contribution in [0.15, 0.2) is 36.7 Å². The van der Waals surface area contributed by atoms with Crippen LogP contribution >= 0.6 is 0 Å². The predicted octanol–water partition coefficient (Wildman–Crippen LogP) is 2.17. The zero-order chi connectivity index (χ0) is 18.1. The van der Waals surface area contributed by atoms with E-state index in [4.69, 9.17) is 4.74 Å². The Morgan fingerprint density at radius 3 is 2.77 bits per heavy atom. The first kappa shape index (κ1) is 17.1. The fraction of sp³-hybridized carbons (Fsp3) is 0.500. The van der Waals surface area contributed by atoms with E-state index in [1.807, 2.05) is 47.1 Å². The lowest BCUT2D eigenvalue weighted by Crippen LogP contribution is -2.44. The average Bonchev–Trinajstić information content (AvgIpc) is 3.28. The highest BCUT2D eigenvalue weighted by molar-refractivity contribution is 5.94. The lowest BCUT2D eigenvalue weighted by atomic mass is 9.92. The number of benzene rings is 1. The summed E-state index contributed by atoms with van der Waals surface area (Å²) in [5.74, 6) is 1.48. The van der Waals surface area contributed by atoms with Crippen molar-refractivity contribution in [2.75, 3.05) is 26.7 Å². The largest absolute Gasteiger partial charge is 0.497 e. The van der Waals surface area contributed by atoms with Crippen molar-refractivity contribution in [3.8, 4) is 5.75 Å². The summed E-state index contributed by atoms with van der Waals surface area (Å²) in [5, 5.41) is 4.28. The maximum atomic E-state index is 12.9. The van der Waals surface area contributed by atoms with Crippen molar-refractivity contribution >= 4 is 5.91 Å². The second-order valence-electron chi connectivity index (χ2n) is 7.40. The van der Waals surface area contributed by atoms with Gasteiger partial charge in [0.15, 0.2) is 0 Å². The molecule has 4 rings (SSSR count). The number of piperidine rings is 1. The van der Waals surface area contributed by atoms with E-state index in [0.29, 0.717) is 12.0 Å². The number of hydrogen-bond acceptors (Lipinski definition) is 4. The number of hydrogen-bond donors (Lipinski definition) is 0. The Morgan fingerprint density at radius 1 is 1.27 bits per heavy atom. The van der Waals surface area contributed by atoms with Gasteiger partial charge in [0.2, 0.25) is 0 Å². The number of methoxy groups -OCH3 is 1. The number of carbonyl (C=O) groups is 1. The Labute approximate surface area is 154 Å². The molecule has 2 saturated heterocycles. The smallest absolute Gasteiger partial charge is 0.253 e. The number of amides is 1. The average molecular weight is 354 g/mol. The SMILES string of the molecule is COc1ccc(C(=O)N2C[C@H]3CCCN(Cc4cnn(C)c4)[C@H]3C2)cc1. The van der Waals surface area contributed by atoms with Crippen LogP contribution in [0.1, 0.15) is 28.8 Å². The second-order valence-corrected chi connectivity index (χ2v) is 7.40. The molecule has 6 heteroatoms. The molecule has 0 bridgehead atoms. The van der Waals surface area contributed by atoms with Crippen LogP contribution in [0, 0.1) is 5.92 Å². The Morgan fingerprint density at radius 2 is 2.08 bits per heavy atom.